The predicted octanol–water partition coefficient (Wildman–Crippen LogP) is 5.44. The van der Waals surface area contributed by atoms with Crippen LogP contribution in [0.25, 0.3) is 0 Å². The summed E-state index contributed by atoms with van der Waals surface area (Å²) in [5.41, 5.74) is 3.48. The van der Waals surface area contributed by atoms with E-state index in [4.69, 9.17) is 10.2 Å². The summed E-state index contributed by atoms with van der Waals surface area (Å²) in [6.07, 6.45) is 7.24. The van der Waals surface area contributed by atoms with Crippen molar-refractivity contribution in [2.45, 2.75) is 103 Å². The van der Waals surface area contributed by atoms with E-state index in [9.17, 15) is 9.90 Å². The molecule has 3 aliphatic rings. The number of Topliss-reactive ketones (excluding diaryl/α,β-unsaturated/α-hetero) is 1. The Kier molecular flexibility index (Phi) is 6.19. The Morgan fingerprint density at radius 2 is 1.82 bits per heavy atom. The highest BCUT2D eigenvalue weighted by atomic mass is 16.3. The van der Waals surface area contributed by atoms with E-state index < -0.39 is 6.10 Å². The molecule has 178 valence electrons. The van der Waals surface area contributed by atoms with Crippen LogP contribution in [0, 0.1) is 31.6 Å². The van der Waals surface area contributed by atoms with Crippen molar-refractivity contribution in [1.29, 1.82) is 0 Å². The molecular weight excluding hydrogens is 410 g/mol. The van der Waals surface area contributed by atoms with Crippen molar-refractivity contribution in [1.82, 2.24) is 14.8 Å². The third-order valence-electron chi connectivity index (χ3n) is 8.21. The molecule has 0 unspecified atom stereocenters. The zero-order valence-electron chi connectivity index (χ0n) is 20.6. The Hall–Kier alpha value is -2.01. The highest BCUT2D eigenvalue weighted by Crippen LogP contribution is 2.49. The molecule has 5 heteroatoms. The molecule has 1 aromatic carbocycles. The van der Waals surface area contributed by atoms with Gasteiger partial charge in [0.1, 0.15) is 17.4 Å². The van der Waals surface area contributed by atoms with E-state index >= 15 is 0 Å². The van der Waals surface area contributed by atoms with Crippen molar-refractivity contribution >= 4 is 5.78 Å². The minimum Gasteiger partial charge on any atom is -0.393 e. The highest BCUT2D eigenvalue weighted by Gasteiger charge is 2.45. The van der Waals surface area contributed by atoms with E-state index in [2.05, 4.69) is 50.5 Å². The molecule has 3 fully saturated rings. The Morgan fingerprint density at radius 1 is 1.09 bits per heavy atom. The monoisotopic (exact) mass is 449 g/mol. The minimum atomic E-state index is -0.435. The van der Waals surface area contributed by atoms with Crippen molar-refractivity contribution in [2.24, 2.45) is 17.8 Å². The molecule has 0 radical (unpaired) electrons. The Balaban J connectivity index is 1.36. The van der Waals surface area contributed by atoms with Crippen molar-refractivity contribution in [3.63, 3.8) is 0 Å². The quantitative estimate of drug-likeness (QED) is 0.583. The summed E-state index contributed by atoms with van der Waals surface area (Å²) in [7, 11) is 0. The van der Waals surface area contributed by atoms with Gasteiger partial charge in [0.25, 0.3) is 0 Å². The number of aryl methyl sites for hydroxylation is 2. The molecule has 33 heavy (non-hydrogen) atoms. The van der Waals surface area contributed by atoms with Crippen LogP contribution < -0.4 is 0 Å². The molecule has 0 saturated heterocycles. The van der Waals surface area contributed by atoms with Crippen LogP contribution in [0.15, 0.2) is 18.2 Å². The summed E-state index contributed by atoms with van der Waals surface area (Å²) >= 11 is 0. The van der Waals surface area contributed by atoms with Gasteiger partial charge in [-0.2, -0.15) is 0 Å². The van der Waals surface area contributed by atoms with Crippen LogP contribution >= 0.6 is 0 Å². The lowest BCUT2D eigenvalue weighted by molar-refractivity contribution is -0.122. The number of ketones is 1. The fraction of sp³-hybridized carbons (Fsp3) is 0.679. The lowest BCUT2D eigenvalue weighted by atomic mass is 9.71. The van der Waals surface area contributed by atoms with Crippen molar-refractivity contribution in [2.75, 3.05) is 0 Å². The average molecular weight is 450 g/mol. The van der Waals surface area contributed by atoms with Crippen LogP contribution in [0.3, 0.4) is 0 Å². The zero-order valence-corrected chi connectivity index (χ0v) is 20.6. The average Bonchev–Trinajstić information content (AvgIpc) is 3.35. The minimum absolute atomic E-state index is 0.0216. The summed E-state index contributed by atoms with van der Waals surface area (Å²) in [5.74, 6) is 4.21. The van der Waals surface area contributed by atoms with Gasteiger partial charge in [-0.1, -0.05) is 37.6 Å². The normalized spacial score (nSPS) is 29.5. The Bertz CT molecular complexity index is 1020. The number of aliphatic hydroxyl groups excluding tert-OH is 1. The maximum absolute atomic E-state index is 13.5. The van der Waals surface area contributed by atoms with Gasteiger partial charge in [0.05, 0.1) is 6.10 Å². The second-order valence-electron chi connectivity index (χ2n) is 11.6. The first-order chi connectivity index (χ1) is 15.8. The molecule has 0 bridgehead atoms. The van der Waals surface area contributed by atoms with Gasteiger partial charge >= 0.3 is 0 Å². The maximum Gasteiger partial charge on any atom is 0.141 e. The van der Waals surface area contributed by atoms with Crippen LogP contribution in [0.2, 0.25) is 0 Å². The lowest BCUT2D eigenvalue weighted by Crippen LogP contribution is -2.27. The van der Waals surface area contributed by atoms with Gasteiger partial charge in [-0.15, -0.1) is 10.2 Å². The molecule has 0 spiro atoms. The largest absolute Gasteiger partial charge is 0.393 e. The van der Waals surface area contributed by atoms with Gasteiger partial charge in [-0.25, -0.2) is 0 Å². The number of carbonyl (C=O) groups excluding carboxylic acids is 1. The lowest BCUT2D eigenvalue weighted by Gasteiger charge is -2.36. The van der Waals surface area contributed by atoms with Crippen molar-refractivity contribution in [3.05, 3.63) is 46.5 Å². The number of carbonyl (C=O) groups is 1. The van der Waals surface area contributed by atoms with Crippen LogP contribution in [-0.2, 0) is 11.2 Å². The third-order valence-corrected chi connectivity index (χ3v) is 8.21. The van der Waals surface area contributed by atoms with Gasteiger partial charge in [-0.3, -0.25) is 4.79 Å². The van der Waals surface area contributed by atoms with E-state index in [0.717, 1.165) is 29.0 Å². The second-order valence-corrected chi connectivity index (χ2v) is 11.6. The van der Waals surface area contributed by atoms with Crippen molar-refractivity contribution in [3.8, 4) is 0 Å². The van der Waals surface area contributed by atoms with Crippen LogP contribution in [-0.4, -0.2) is 31.8 Å². The highest BCUT2D eigenvalue weighted by molar-refractivity contribution is 5.84. The Labute approximate surface area is 198 Å². The summed E-state index contributed by atoms with van der Waals surface area (Å²) < 4.78 is 2.40. The fourth-order valence-electron chi connectivity index (χ4n) is 6.37. The molecule has 1 N–H and O–H groups in total. The van der Waals surface area contributed by atoms with E-state index in [0.29, 0.717) is 31.2 Å². The molecule has 5 rings (SSSR count). The van der Waals surface area contributed by atoms with Gasteiger partial charge < -0.3 is 9.67 Å². The SMILES string of the molecule is Cc1ccc(CC(=O)[C@@H]2C[C@H](O)C[C@H]2c2nnc(C3CC(CC(C)C)C3)n2C2CC2)c(C)c1. The van der Waals surface area contributed by atoms with Gasteiger partial charge in [0.2, 0.25) is 0 Å². The Morgan fingerprint density at radius 3 is 2.48 bits per heavy atom. The molecule has 3 saturated carbocycles. The van der Waals surface area contributed by atoms with E-state index in [1.165, 1.54) is 43.2 Å². The van der Waals surface area contributed by atoms with Gasteiger partial charge in [0, 0.05) is 30.2 Å². The molecule has 0 amide bonds. The number of benzene rings is 1. The number of nitrogens with zero attached hydrogens (tertiary/aromatic N) is 3. The maximum atomic E-state index is 13.5. The molecule has 0 aliphatic heterocycles. The first-order valence-corrected chi connectivity index (χ1v) is 13.0. The van der Waals surface area contributed by atoms with Crippen LogP contribution in [0.4, 0.5) is 0 Å². The smallest absolute Gasteiger partial charge is 0.141 e. The molecule has 3 aliphatic carbocycles. The number of aromatic nitrogens is 3. The van der Waals surface area contributed by atoms with Crippen LogP contribution in [0.5, 0.6) is 0 Å². The zero-order chi connectivity index (χ0) is 23.3. The number of rotatable bonds is 8. The summed E-state index contributed by atoms with van der Waals surface area (Å²) in [6, 6.07) is 6.79. The standard InChI is InChI=1S/C28H39N3O2/c1-16(2)9-19-11-21(12-19)27-29-30-28(31(27)22-7-8-22)25-15-23(32)14-24(25)26(33)13-20-6-5-17(3)10-18(20)4/h5-6,10,16,19,21-25,32H,7-9,11-15H2,1-4H3/t19?,21?,23-,24+,25+/m0/s1. The number of aliphatic hydroxyl groups is 1. The molecule has 5 nitrogen and oxygen atoms in total. The van der Waals surface area contributed by atoms with Gasteiger partial charge in [0.15, 0.2) is 0 Å². The third kappa shape index (κ3) is 4.66. The molecule has 1 aromatic heterocycles. The number of hydrogen-bond acceptors (Lipinski definition) is 4. The first-order valence-electron chi connectivity index (χ1n) is 13.0. The summed E-state index contributed by atoms with van der Waals surface area (Å²) in [4.78, 5) is 13.5. The molecule has 2 aromatic rings. The topological polar surface area (TPSA) is 68.0 Å². The van der Waals surface area contributed by atoms with E-state index in [-0.39, 0.29) is 17.6 Å². The van der Waals surface area contributed by atoms with Crippen molar-refractivity contribution < 1.29 is 9.90 Å². The van der Waals surface area contributed by atoms with Gasteiger partial charge in [-0.05, 0) is 81.8 Å². The predicted molar refractivity (Wildman–Crippen MR) is 129 cm³/mol. The summed E-state index contributed by atoms with van der Waals surface area (Å²) in [6.45, 7) is 8.77. The second kappa shape index (κ2) is 8.98. The van der Waals surface area contributed by atoms with Crippen LogP contribution in [0.1, 0.15) is 105 Å². The molecule has 1 heterocycles. The number of hydrogen-bond donors (Lipinski definition) is 1. The van der Waals surface area contributed by atoms with E-state index in [1.54, 1.807) is 0 Å². The first kappa shape index (κ1) is 22.8. The fourth-order valence-corrected chi connectivity index (χ4v) is 6.37. The summed E-state index contributed by atoms with van der Waals surface area (Å²) in [5, 5.41) is 20.0. The van der Waals surface area contributed by atoms with E-state index in [1.807, 2.05) is 0 Å². The molecule has 3 atom stereocenters. The molecular formula is C28H39N3O2.